The Hall–Kier alpha value is -2.01. The number of anilines is 2. The van der Waals surface area contributed by atoms with Crippen molar-refractivity contribution in [1.82, 2.24) is 0 Å². The molecule has 19 heavy (non-hydrogen) atoms. The molecule has 0 atom stereocenters. The number of hydrogen-bond donors (Lipinski definition) is 2. The average molecular weight is 278 g/mol. The summed E-state index contributed by atoms with van der Waals surface area (Å²) in [5, 5.41) is 6.12. The number of aryl methyl sites for hydroxylation is 1. The molecular weight excluding hydrogens is 266 g/mol. The first-order chi connectivity index (χ1) is 9.04. The first kappa shape index (κ1) is 13.4. The lowest BCUT2D eigenvalue weighted by Crippen LogP contribution is -2.19. The van der Waals surface area contributed by atoms with Crippen LogP contribution in [-0.4, -0.2) is 5.11 Å². The molecule has 2 aromatic rings. The number of benzene rings is 2. The predicted molar refractivity (Wildman–Crippen MR) is 77.4 cm³/mol. The minimum absolute atomic E-state index is 0.314. The molecule has 0 amide bonds. The van der Waals surface area contributed by atoms with Gasteiger partial charge in [-0.3, -0.25) is 0 Å². The van der Waals surface area contributed by atoms with Gasteiger partial charge < -0.3 is 10.6 Å². The summed E-state index contributed by atoms with van der Waals surface area (Å²) in [5.41, 5.74) is 2.14. The Morgan fingerprint density at radius 1 is 0.947 bits per heavy atom. The van der Waals surface area contributed by atoms with Crippen LogP contribution >= 0.6 is 12.2 Å². The molecule has 0 fully saturated rings. The third-order valence-corrected chi connectivity index (χ3v) is 2.75. The van der Waals surface area contributed by atoms with Gasteiger partial charge in [0.25, 0.3) is 0 Å². The predicted octanol–water partition coefficient (Wildman–Crippen LogP) is 4.08. The quantitative estimate of drug-likeness (QED) is 0.809. The minimum atomic E-state index is -0.335. The average Bonchev–Trinajstić information content (AvgIpc) is 2.37. The van der Waals surface area contributed by atoms with E-state index in [1.807, 2.05) is 6.92 Å². The van der Waals surface area contributed by atoms with Crippen molar-refractivity contribution in [2.75, 3.05) is 10.6 Å². The third kappa shape index (κ3) is 3.72. The largest absolute Gasteiger partial charge is 0.332 e. The molecule has 0 saturated heterocycles. The van der Waals surface area contributed by atoms with Crippen molar-refractivity contribution >= 4 is 28.7 Å². The fraction of sp³-hybridized carbons (Fsp3) is 0.0714. The van der Waals surface area contributed by atoms with Crippen LogP contribution in [0, 0.1) is 18.6 Å². The van der Waals surface area contributed by atoms with Crippen molar-refractivity contribution in [3.05, 3.63) is 59.7 Å². The van der Waals surface area contributed by atoms with Gasteiger partial charge in [-0.1, -0.05) is 6.07 Å². The first-order valence-corrected chi connectivity index (χ1v) is 6.05. The van der Waals surface area contributed by atoms with Crippen molar-refractivity contribution in [3.8, 4) is 0 Å². The molecule has 0 bridgehead atoms. The van der Waals surface area contributed by atoms with Gasteiger partial charge in [-0.2, -0.15) is 0 Å². The Labute approximate surface area is 115 Å². The van der Waals surface area contributed by atoms with E-state index in [9.17, 15) is 8.78 Å². The van der Waals surface area contributed by atoms with Gasteiger partial charge in [-0.25, -0.2) is 8.78 Å². The molecule has 0 spiro atoms. The first-order valence-electron chi connectivity index (χ1n) is 5.64. The summed E-state index contributed by atoms with van der Waals surface area (Å²) in [6.45, 7) is 1.85. The monoisotopic (exact) mass is 278 g/mol. The Bertz CT molecular complexity index is 597. The summed E-state index contributed by atoms with van der Waals surface area (Å²) in [4.78, 5) is 0. The molecule has 2 rings (SSSR count). The summed E-state index contributed by atoms with van der Waals surface area (Å²) >= 11 is 5.12. The highest BCUT2D eigenvalue weighted by atomic mass is 32.1. The minimum Gasteiger partial charge on any atom is -0.332 e. The van der Waals surface area contributed by atoms with Crippen LogP contribution in [0.5, 0.6) is 0 Å². The van der Waals surface area contributed by atoms with Gasteiger partial charge in [0, 0.05) is 11.4 Å². The lowest BCUT2D eigenvalue weighted by atomic mass is 10.2. The number of hydrogen-bond acceptors (Lipinski definition) is 1. The molecule has 0 aromatic heterocycles. The molecule has 2 N–H and O–H groups in total. The maximum atomic E-state index is 13.1. The van der Waals surface area contributed by atoms with E-state index in [1.54, 1.807) is 18.2 Å². The second kappa shape index (κ2) is 5.75. The van der Waals surface area contributed by atoms with Gasteiger partial charge in [0.2, 0.25) is 0 Å². The van der Waals surface area contributed by atoms with Crippen molar-refractivity contribution in [2.45, 2.75) is 6.92 Å². The smallest absolute Gasteiger partial charge is 0.175 e. The van der Waals surface area contributed by atoms with E-state index in [1.165, 1.54) is 24.3 Å². The molecule has 0 unspecified atom stereocenters. The highest BCUT2D eigenvalue weighted by molar-refractivity contribution is 7.80. The summed E-state index contributed by atoms with van der Waals surface area (Å²) in [5.74, 6) is -0.650. The van der Waals surface area contributed by atoms with Crippen LogP contribution in [0.1, 0.15) is 5.56 Å². The summed E-state index contributed by atoms with van der Waals surface area (Å²) in [7, 11) is 0. The second-order valence-electron chi connectivity index (χ2n) is 4.05. The van der Waals surface area contributed by atoms with Crippen LogP contribution < -0.4 is 10.6 Å². The maximum Gasteiger partial charge on any atom is 0.175 e. The van der Waals surface area contributed by atoms with Crippen LogP contribution in [0.15, 0.2) is 42.5 Å². The number of halogens is 2. The van der Waals surface area contributed by atoms with Gasteiger partial charge in [0.15, 0.2) is 5.11 Å². The SMILES string of the molecule is Cc1ccc(F)cc1NC(=S)Nc1ccc(F)cc1. The second-order valence-corrected chi connectivity index (χ2v) is 4.45. The topological polar surface area (TPSA) is 24.1 Å². The van der Waals surface area contributed by atoms with Gasteiger partial charge in [0.05, 0.1) is 0 Å². The molecular formula is C14H12F2N2S. The van der Waals surface area contributed by atoms with Gasteiger partial charge in [-0.05, 0) is 61.1 Å². The highest BCUT2D eigenvalue weighted by Gasteiger charge is 2.03. The van der Waals surface area contributed by atoms with Crippen LogP contribution in [0.25, 0.3) is 0 Å². The fourth-order valence-electron chi connectivity index (χ4n) is 1.55. The van der Waals surface area contributed by atoms with Gasteiger partial charge in [0.1, 0.15) is 11.6 Å². The van der Waals surface area contributed by atoms with E-state index in [0.29, 0.717) is 16.5 Å². The molecule has 5 heteroatoms. The molecule has 0 saturated carbocycles. The molecule has 0 aliphatic heterocycles. The maximum absolute atomic E-state index is 13.1. The third-order valence-electron chi connectivity index (χ3n) is 2.55. The van der Waals surface area contributed by atoms with E-state index >= 15 is 0 Å². The Balaban J connectivity index is 2.05. The summed E-state index contributed by atoms with van der Waals surface area (Å²) in [6, 6.07) is 10.2. The molecule has 2 aromatic carbocycles. The van der Waals surface area contributed by atoms with Crippen molar-refractivity contribution < 1.29 is 8.78 Å². The van der Waals surface area contributed by atoms with Gasteiger partial charge in [-0.15, -0.1) is 0 Å². The van der Waals surface area contributed by atoms with E-state index in [-0.39, 0.29) is 11.6 Å². The van der Waals surface area contributed by atoms with Crippen molar-refractivity contribution in [1.29, 1.82) is 0 Å². The van der Waals surface area contributed by atoms with Crippen LogP contribution in [0.4, 0.5) is 20.2 Å². The number of nitrogens with one attached hydrogen (secondary N) is 2. The number of rotatable bonds is 2. The Morgan fingerprint density at radius 3 is 2.26 bits per heavy atom. The Morgan fingerprint density at radius 2 is 1.58 bits per heavy atom. The lowest BCUT2D eigenvalue weighted by Gasteiger charge is -2.12. The zero-order valence-electron chi connectivity index (χ0n) is 10.2. The van der Waals surface area contributed by atoms with E-state index in [0.717, 1.165) is 5.56 Å². The molecule has 0 radical (unpaired) electrons. The molecule has 2 nitrogen and oxygen atoms in total. The van der Waals surface area contributed by atoms with Crippen LogP contribution in [-0.2, 0) is 0 Å². The molecule has 0 heterocycles. The number of thiocarbonyl (C=S) groups is 1. The summed E-state index contributed by atoms with van der Waals surface area (Å²) < 4.78 is 25.9. The van der Waals surface area contributed by atoms with Gasteiger partial charge >= 0.3 is 0 Å². The Kier molecular flexibility index (Phi) is 4.06. The van der Waals surface area contributed by atoms with Crippen LogP contribution in [0.2, 0.25) is 0 Å². The molecule has 0 aliphatic carbocycles. The standard InChI is InChI=1S/C14H12F2N2S/c1-9-2-3-11(16)8-13(9)18-14(19)17-12-6-4-10(15)5-7-12/h2-8H,1H3,(H2,17,18,19). The highest BCUT2D eigenvalue weighted by Crippen LogP contribution is 2.16. The fourth-order valence-corrected chi connectivity index (χ4v) is 1.77. The molecule has 98 valence electrons. The van der Waals surface area contributed by atoms with Crippen molar-refractivity contribution in [3.63, 3.8) is 0 Å². The van der Waals surface area contributed by atoms with Crippen LogP contribution in [0.3, 0.4) is 0 Å². The van der Waals surface area contributed by atoms with E-state index in [2.05, 4.69) is 10.6 Å². The van der Waals surface area contributed by atoms with E-state index < -0.39 is 0 Å². The summed E-state index contributed by atoms with van der Waals surface area (Å²) in [6.07, 6.45) is 0. The van der Waals surface area contributed by atoms with Crippen molar-refractivity contribution in [2.24, 2.45) is 0 Å². The zero-order chi connectivity index (χ0) is 13.8. The zero-order valence-corrected chi connectivity index (χ0v) is 11.0. The normalized spacial score (nSPS) is 10.1. The lowest BCUT2D eigenvalue weighted by molar-refractivity contribution is 0.627. The van der Waals surface area contributed by atoms with E-state index in [4.69, 9.17) is 12.2 Å². The molecule has 0 aliphatic rings.